The van der Waals surface area contributed by atoms with Crippen LogP contribution in [-0.4, -0.2) is 43.0 Å². The molecule has 1 fully saturated rings. The van der Waals surface area contributed by atoms with Crippen molar-refractivity contribution in [2.75, 3.05) is 13.1 Å². The van der Waals surface area contributed by atoms with Gasteiger partial charge in [-0.05, 0) is 43.2 Å². The predicted molar refractivity (Wildman–Crippen MR) is 97.6 cm³/mol. The van der Waals surface area contributed by atoms with Crippen LogP contribution in [0.15, 0.2) is 58.5 Å². The smallest absolute Gasteiger partial charge is 0.271 e. The maximum atomic E-state index is 12.6. The maximum absolute atomic E-state index is 12.6. The number of hydrogen-bond donors (Lipinski definition) is 2. The molecule has 0 saturated carbocycles. The first-order valence-corrected chi connectivity index (χ1v) is 9.64. The van der Waals surface area contributed by atoms with Gasteiger partial charge in [0.15, 0.2) is 0 Å². The molecule has 0 aliphatic carbocycles. The van der Waals surface area contributed by atoms with Gasteiger partial charge in [0.05, 0.1) is 11.1 Å². The zero-order valence-corrected chi connectivity index (χ0v) is 14.8. The van der Waals surface area contributed by atoms with Gasteiger partial charge in [0.25, 0.3) is 5.91 Å². The van der Waals surface area contributed by atoms with Gasteiger partial charge in [-0.1, -0.05) is 18.2 Å². The van der Waals surface area contributed by atoms with Crippen LogP contribution in [-0.2, 0) is 10.0 Å². The van der Waals surface area contributed by atoms with Gasteiger partial charge in [-0.15, -0.1) is 0 Å². The lowest BCUT2D eigenvalue weighted by Gasteiger charge is -2.15. The van der Waals surface area contributed by atoms with Crippen LogP contribution in [0.1, 0.15) is 28.8 Å². The highest BCUT2D eigenvalue weighted by Crippen LogP contribution is 2.21. The molecule has 0 unspecified atom stereocenters. The number of rotatable bonds is 5. The highest BCUT2D eigenvalue weighted by Gasteiger charge is 2.27. The number of phenols is 1. The molecule has 136 valence electrons. The number of carbonyl (C=O) groups excluding carboxylic acids is 1. The number of sulfonamides is 1. The molecular weight excluding hydrogens is 354 g/mol. The molecule has 0 spiro atoms. The summed E-state index contributed by atoms with van der Waals surface area (Å²) in [4.78, 5) is 12.3. The third kappa shape index (κ3) is 3.92. The van der Waals surface area contributed by atoms with Crippen LogP contribution in [0.25, 0.3) is 0 Å². The van der Waals surface area contributed by atoms with E-state index in [9.17, 15) is 18.3 Å². The summed E-state index contributed by atoms with van der Waals surface area (Å²) in [5.74, 6) is -0.487. The molecule has 2 aromatic rings. The minimum Gasteiger partial charge on any atom is -0.507 e. The summed E-state index contributed by atoms with van der Waals surface area (Å²) >= 11 is 0. The van der Waals surface area contributed by atoms with Crippen molar-refractivity contribution in [3.8, 4) is 5.75 Å². The van der Waals surface area contributed by atoms with Gasteiger partial charge in [0.2, 0.25) is 10.0 Å². The van der Waals surface area contributed by atoms with Crippen molar-refractivity contribution in [1.82, 2.24) is 9.73 Å². The van der Waals surface area contributed by atoms with Crippen LogP contribution >= 0.6 is 0 Å². The van der Waals surface area contributed by atoms with Gasteiger partial charge in [-0.2, -0.15) is 9.41 Å². The second-order valence-electron chi connectivity index (χ2n) is 5.90. The minimum atomic E-state index is -3.58. The highest BCUT2D eigenvalue weighted by molar-refractivity contribution is 7.89. The largest absolute Gasteiger partial charge is 0.507 e. The summed E-state index contributed by atoms with van der Waals surface area (Å²) < 4.78 is 26.6. The van der Waals surface area contributed by atoms with E-state index in [2.05, 4.69) is 10.5 Å². The van der Waals surface area contributed by atoms with Crippen LogP contribution in [0, 0.1) is 0 Å². The SMILES string of the molecule is O=C(N/N=C/c1ccccc1O)c1cccc(S(=O)(=O)N2CCCC2)c1. The predicted octanol–water partition coefficient (Wildman–Crippen LogP) is 1.94. The second kappa shape index (κ2) is 7.67. The standard InChI is InChI=1S/C18H19N3O4S/c22-17-9-2-1-6-15(17)13-19-20-18(23)14-7-5-8-16(12-14)26(24,25)21-10-3-4-11-21/h1-2,5-9,12-13,22H,3-4,10-11H2,(H,20,23)/b19-13+. The van der Waals surface area contributed by atoms with Gasteiger partial charge >= 0.3 is 0 Å². The molecule has 1 aliphatic heterocycles. The van der Waals surface area contributed by atoms with Crippen molar-refractivity contribution in [2.24, 2.45) is 5.10 Å². The van der Waals surface area contributed by atoms with E-state index >= 15 is 0 Å². The fraction of sp³-hybridized carbons (Fsp3) is 0.222. The summed E-state index contributed by atoms with van der Waals surface area (Å²) in [7, 11) is -3.58. The highest BCUT2D eigenvalue weighted by atomic mass is 32.2. The zero-order chi connectivity index (χ0) is 18.6. The minimum absolute atomic E-state index is 0.0456. The van der Waals surface area contributed by atoms with Crippen molar-refractivity contribution >= 4 is 22.1 Å². The van der Waals surface area contributed by atoms with Crippen molar-refractivity contribution < 1.29 is 18.3 Å². The molecule has 8 heteroatoms. The third-order valence-electron chi connectivity index (χ3n) is 4.11. The van der Waals surface area contributed by atoms with Crippen LogP contribution in [0.2, 0.25) is 0 Å². The number of nitrogens with zero attached hydrogens (tertiary/aromatic N) is 2. The van der Waals surface area contributed by atoms with Crippen molar-refractivity contribution in [3.05, 3.63) is 59.7 Å². The first kappa shape index (κ1) is 18.1. The van der Waals surface area contributed by atoms with Crippen molar-refractivity contribution in [2.45, 2.75) is 17.7 Å². The molecule has 2 aromatic carbocycles. The van der Waals surface area contributed by atoms with E-state index < -0.39 is 15.9 Å². The Balaban J connectivity index is 1.73. The summed E-state index contributed by atoms with van der Waals surface area (Å²) in [6.45, 7) is 1.01. The molecule has 0 radical (unpaired) electrons. The molecule has 2 N–H and O–H groups in total. The third-order valence-corrected chi connectivity index (χ3v) is 6.00. The molecule has 1 saturated heterocycles. The number of aromatic hydroxyl groups is 1. The first-order valence-electron chi connectivity index (χ1n) is 8.20. The maximum Gasteiger partial charge on any atom is 0.271 e. The average molecular weight is 373 g/mol. The fourth-order valence-corrected chi connectivity index (χ4v) is 4.26. The molecule has 1 amide bonds. The molecular formula is C18H19N3O4S. The van der Waals surface area contributed by atoms with E-state index in [1.807, 2.05) is 0 Å². The molecule has 1 aliphatic rings. The average Bonchev–Trinajstić information content (AvgIpc) is 3.19. The molecule has 0 atom stereocenters. The normalized spacial score (nSPS) is 15.4. The van der Waals surface area contributed by atoms with Gasteiger partial charge in [-0.25, -0.2) is 13.8 Å². The van der Waals surface area contributed by atoms with E-state index in [1.165, 1.54) is 40.9 Å². The van der Waals surface area contributed by atoms with E-state index in [0.717, 1.165) is 12.8 Å². The molecule has 7 nitrogen and oxygen atoms in total. The number of hydrazone groups is 1. The number of para-hydroxylation sites is 1. The van der Waals surface area contributed by atoms with E-state index in [-0.39, 0.29) is 16.2 Å². The molecule has 3 rings (SSSR count). The Bertz CT molecular complexity index is 935. The van der Waals surface area contributed by atoms with Gasteiger partial charge in [0, 0.05) is 24.2 Å². The lowest BCUT2D eigenvalue weighted by Crippen LogP contribution is -2.28. The summed E-state index contributed by atoms with van der Waals surface area (Å²) in [6, 6.07) is 12.4. The Morgan fingerprint density at radius 1 is 1.12 bits per heavy atom. The Hall–Kier alpha value is -2.71. The number of amides is 1. The lowest BCUT2D eigenvalue weighted by atomic mass is 10.2. The van der Waals surface area contributed by atoms with Crippen molar-refractivity contribution in [1.29, 1.82) is 0 Å². The van der Waals surface area contributed by atoms with E-state index in [0.29, 0.717) is 18.7 Å². The molecule has 26 heavy (non-hydrogen) atoms. The second-order valence-corrected chi connectivity index (χ2v) is 7.83. The van der Waals surface area contributed by atoms with Gasteiger partial charge in [0.1, 0.15) is 5.75 Å². The number of phenolic OH excluding ortho intramolecular Hbond substituents is 1. The Labute approximate surface area is 152 Å². The van der Waals surface area contributed by atoms with Crippen LogP contribution in [0.4, 0.5) is 0 Å². The molecule has 0 aromatic heterocycles. The van der Waals surface area contributed by atoms with Crippen LogP contribution in [0.5, 0.6) is 5.75 Å². The summed E-state index contributed by atoms with van der Waals surface area (Å²) in [5, 5.41) is 13.5. The number of carbonyl (C=O) groups is 1. The molecule has 1 heterocycles. The zero-order valence-electron chi connectivity index (χ0n) is 14.0. The number of nitrogens with one attached hydrogen (secondary N) is 1. The lowest BCUT2D eigenvalue weighted by molar-refractivity contribution is 0.0955. The monoisotopic (exact) mass is 373 g/mol. The fourth-order valence-electron chi connectivity index (χ4n) is 2.70. The Kier molecular flexibility index (Phi) is 5.34. The number of hydrogen-bond acceptors (Lipinski definition) is 5. The van der Waals surface area contributed by atoms with Gasteiger partial charge < -0.3 is 5.11 Å². The summed E-state index contributed by atoms with van der Waals surface area (Å²) in [5.41, 5.74) is 2.98. The summed E-state index contributed by atoms with van der Waals surface area (Å²) in [6.07, 6.45) is 3.01. The Morgan fingerprint density at radius 3 is 2.58 bits per heavy atom. The van der Waals surface area contributed by atoms with E-state index in [4.69, 9.17) is 0 Å². The molecule has 0 bridgehead atoms. The quantitative estimate of drug-likeness (QED) is 0.618. The van der Waals surface area contributed by atoms with E-state index in [1.54, 1.807) is 18.2 Å². The van der Waals surface area contributed by atoms with Crippen LogP contribution < -0.4 is 5.43 Å². The van der Waals surface area contributed by atoms with Gasteiger partial charge in [-0.3, -0.25) is 4.79 Å². The Morgan fingerprint density at radius 2 is 1.85 bits per heavy atom. The van der Waals surface area contributed by atoms with Crippen molar-refractivity contribution in [3.63, 3.8) is 0 Å². The number of benzene rings is 2. The first-order chi connectivity index (χ1) is 12.5. The topological polar surface area (TPSA) is 99.1 Å². The van der Waals surface area contributed by atoms with Crippen LogP contribution in [0.3, 0.4) is 0 Å².